The van der Waals surface area contributed by atoms with Gasteiger partial charge in [-0.15, -0.1) is 0 Å². The average molecular weight is 286 g/mol. The summed E-state index contributed by atoms with van der Waals surface area (Å²) in [7, 11) is 1.82. The maximum absolute atomic E-state index is 12.2. The van der Waals surface area contributed by atoms with E-state index in [-0.39, 0.29) is 6.03 Å². The molecule has 0 atom stereocenters. The summed E-state index contributed by atoms with van der Waals surface area (Å²) in [6.07, 6.45) is 3.59. The average Bonchev–Trinajstić information content (AvgIpc) is 2.93. The lowest BCUT2D eigenvalue weighted by Crippen LogP contribution is -2.50. The molecule has 2 amide bonds. The number of rotatable bonds is 2. The Morgan fingerprint density at radius 3 is 2.62 bits per heavy atom. The van der Waals surface area contributed by atoms with Crippen LogP contribution in [0.3, 0.4) is 0 Å². The van der Waals surface area contributed by atoms with Gasteiger partial charge in [-0.25, -0.2) is 9.78 Å². The van der Waals surface area contributed by atoms with Gasteiger partial charge >= 0.3 is 6.03 Å². The van der Waals surface area contributed by atoms with Gasteiger partial charge in [0.2, 0.25) is 0 Å². The summed E-state index contributed by atoms with van der Waals surface area (Å²) >= 11 is 0. The van der Waals surface area contributed by atoms with Crippen LogP contribution in [0.4, 0.5) is 16.4 Å². The molecule has 1 fully saturated rings. The molecule has 1 N–H and O–H groups in total. The Morgan fingerprint density at radius 2 is 2.00 bits per heavy atom. The van der Waals surface area contributed by atoms with Gasteiger partial charge < -0.3 is 9.80 Å². The zero-order chi connectivity index (χ0) is 14.7. The molecule has 1 saturated heterocycles. The molecular formula is C14H18N6O. The lowest BCUT2D eigenvalue weighted by molar-refractivity contribution is 0.208. The van der Waals surface area contributed by atoms with Gasteiger partial charge in [0.05, 0.1) is 0 Å². The number of carbonyl (C=O) groups is 1. The number of nitrogens with one attached hydrogen (secondary N) is 1. The zero-order valence-corrected chi connectivity index (χ0v) is 11.9. The minimum atomic E-state index is -0.102. The minimum Gasteiger partial charge on any atom is -0.353 e. The van der Waals surface area contributed by atoms with Crippen LogP contribution < -0.4 is 10.2 Å². The molecule has 0 bridgehead atoms. The number of nitrogens with zero attached hydrogens (tertiary/aromatic N) is 5. The van der Waals surface area contributed by atoms with Crippen LogP contribution in [0.2, 0.25) is 0 Å². The highest BCUT2D eigenvalue weighted by molar-refractivity contribution is 5.88. The fraction of sp³-hybridized carbons (Fsp3) is 0.357. The molecule has 1 aliphatic rings. The van der Waals surface area contributed by atoms with E-state index in [1.54, 1.807) is 28.0 Å². The van der Waals surface area contributed by atoms with Crippen LogP contribution in [0.5, 0.6) is 0 Å². The van der Waals surface area contributed by atoms with Crippen molar-refractivity contribution in [2.45, 2.75) is 0 Å². The third-order valence-electron chi connectivity index (χ3n) is 3.49. The number of piperazine rings is 1. The Morgan fingerprint density at radius 1 is 1.19 bits per heavy atom. The van der Waals surface area contributed by atoms with E-state index in [1.807, 2.05) is 25.2 Å². The van der Waals surface area contributed by atoms with Crippen molar-refractivity contribution in [1.29, 1.82) is 0 Å². The Labute approximate surface area is 123 Å². The van der Waals surface area contributed by atoms with E-state index in [9.17, 15) is 4.79 Å². The first-order valence-electron chi connectivity index (χ1n) is 6.94. The number of anilines is 2. The molecule has 0 unspecified atom stereocenters. The number of carbonyl (C=O) groups excluding carboxylic acids is 1. The van der Waals surface area contributed by atoms with Crippen molar-refractivity contribution in [3.8, 4) is 0 Å². The van der Waals surface area contributed by atoms with Crippen LogP contribution in [-0.2, 0) is 7.05 Å². The van der Waals surface area contributed by atoms with E-state index in [0.29, 0.717) is 18.9 Å². The summed E-state index contributed by atoms with van der Waals surface area (Å²) in [6.45, 7) is 2.92. The second kappa shape index (κ2) is 5.82. The van der Waals surface area contributed by atoms with E-state index in [4.69, 9.17) is 0 Å². The Balaban J connectivity index is 1.54. The number of hydrogen-bond acceptors (Lipinski definition) is 4. The summed E-state index contributed by atoms with van der Waals surface area (Å²) in [5, 5.41) is 6.95. The predicted octanol–water partition coefficient (Wildman–Crippen LogP) is 1.17. The molecule has 0 spiro atoms. The van der Waals surface area contributed by atoms with Crippen molar-refractivity contribution in [3.05, 3.63) is 36.7 Å². The molecule has 0 aliphatic carbocycles. The number of pyridine rings is 1. The maximum Gasteiger partial charge on any atom is 0.323 e. The number of aryl methyl sites for hydroxylation is 1. The fourth-order valence-corrected chi connectivity index (χ4v) is 2.35. The molecule has 7 nitrogen and oxygen atoms in total. The number of hydrogen-bond donors (Lipinski definition) is 1. The molecule has 3 heterocycles. The van der Waals surface area contributed by atoms with E-state index in [2.05, 4.69) is 20.3 Å². The van der Waals surface area contributed by atoms with Gasteiger partial charge in [-0.3, -0.25) is 10.00 Å². The van der Waals surface area contributed by atoms with Crippen molar-refractivity contribution < 1.29 is 4.79 Å². The van der Waals surface area contributed by atoms with E-state index in [0.717, 1.165) is 18.9 Å². The van der Waals surface area contributed by atoms with Crippen molar-refractivity contribution in [2.75, 3.05) is 36.4 Å². The highest BCUT2D eigenvalue weighted by Crippen LogP contribution is 2.13. The van der Waals surface area contributed by atoms with Gasteiger partial charge in [0.1, 0.15) is 5.82 Å². The van der Waals surface area contributed by atoms with Crippen molar-refractivity contribution in [1.82, 2.24) is 19.7 Å². The summed E-state index contributed by atoms with van der Waals surface area (Å²) in [5.74, 6) is 1.54. The van der Waals surface area contributed by atoms with E-state index in [1.165, 1.54) is 0 Å². The van der Waals surface area contributed by atoms with Crippen molar-refractivity contribution in [3.63, 3.8) is 0 Å². The lowest BCUT2D eigenvalue weighted by Gasteiger charge is -2.35. The van der Waals surface area contributed by atoms with Gasteiger partial charge in [-0.2, -0.15) is 5.10 Å². The topological polar surface area (TPSA) is 66.3 Å². The van der Waals surface area contributed by atoms with Crippen LogP contribution in [0.25, 0.3) is 0 Å². The molecule has 2 aromatic rings. The summed E-state index contributed by atoms with van der Waals surface area (Å²) in [5.41, 5.74) is 0. The third-order valence-corrected chi connectivity index (χ3v) is 3.49. The van der Waals surface area contributed by atoms with Crippen molar-refractivity contribution >= 4 is 17.7 Å². The Hall–Kier alpha value is -2.57. The number of amides is 2. The van der Waals surface area contributed by atoms with Crippen LogP contribution in [0, 0.1) is 0 Å². The lowest BCUT2D eigenvalue weighted by atomic mass is 10.3. The minimum absolute atomic E-state index is 0.102. The molecule has 0 aromatic carbocycles. The number of urea groups is 1. The third kappa shape index (κ3) is 3.13. The molecular weight excluding hydrogens is 268 g/mol. The molecule has 0 radical (unpaired) electrons. The van der Waals surface area contributed by atoms with Crippen LogP contribution in [0.1, 0.15) is 0 Å². The highest BCUT2D eigenvalue weighted by Gasteiger charge is 2.22. The van der Waals surface area contributed by atoms with Crippen LogP contribution >= 0.6 is 0 Å². The quantitative estimate of drug-likeness (QED) is 0.900. The first-order chi connectivity index (χ1) is 10.2. The van der Waals surface area contributed by atoms with Gasteiger partial charge in [0.25, 0.3) is 0 Å². The molecule has 2 aromatic heterocycles. The fourth-order valence-electron chi connectivity index (χ4n) is 2.35. The van der Waals surface area contributed by atoms with Crippen LogP contribution in [0.15, 0.2) is 36.7 Å². The molecule has 3 rings (SSSR count). The first-order valence-corrected chi connectivity index (χ1v) is 6.94. The molecule has 21 heavy (non-hydrogen) atoms. The summed E-state index contributed by atoms with van der Waals surface area (Å²) < 4.78 is 1.66. The predicted molar refractivity (Wildman–Crippen MR) is 80.2 cm³/mol. The van der Waals surface area contributed by atoms with Gasteiger partial charge in [0.15, 0.2) is 5.82 Å². The number of aromatic nitrogens is 3. The highest BCUT2D eigenvalue weighted by atomic mass is 16.2. The standard InChI is InChI=1S/C14H18N6O/c1-18-7-5-12(17-18)16-14(21)20-10-8-19(9-11-20)13-4-2-3-6-15-13/h2-7H,8-11H2,1H3,(H,16,17,21). The zero-order valence-electron chi connectivity index (χ0n) is 11.9. The monoisotopic (exact) mass is 286 g/mol. The summed E-state index contributed by atoms with van der Waals surface area (Å²) in [6, 6.07) is 7.54. The molecule has 110 valence electrons. The van der Waals surface area contributed by atoms with Crippen molar-refractivity contribution in [2.24, 2.45) is 7.05 Å². The largest absolute Gasteiger partial charge is 0.353 e. The maximum atomic E-state index is 12.2. The smallest absolute Gasteiger partial charge is 0.323 e. The van der Waals surface area contributed by atoms with Gasteiger partial charge in [0, 0.05) is 51.7 Å². The molecule has 1 aliphatic heterocycles. The van der Waals surface area contributed by atoms with E-state index < -0.39 is 0 Å². The van der Waals surface area contributed by atoms with Gasteiger partial charge in [-0.05, 0) is 12.1 Å². The summed E-state index contributed by atoms with van der Waals surface area (Å²) in [4.78, 5) is 20.5. The second-order valence-corrected chi connectivity index (χ2v) is 4.97. The van der Waals surface area contributed by atoms with E-state index >= 15 is 0 Å². The normalized spacial score (nSPS) is 15.1. The Bertz CT molecular complexity index is 603. The van der Waals surface area contributed by atoms with Crippen LogP contribution in [-0.4, -0.2) is 51.9 Å². The second-order valence-electron chi connectivity index (χ2n) is 4.97. The molecule has 7 heteroatoms. The Kier molecular flexibility index (Phi) is 3.72. The van der Waals surface area contributed by atoms with Gasteiger partial charge in [-0.1, -0.05) is 6.07 Å². The SMILES string of the molecule is Cn1ccc(NC(=O)N2CCN(c3ccccn3)CC2)n1. The molecule has 0 saturated carbocycles. The first kappa shape index (κ1) is 13.4.